The minimum absolute atomic E-state index is 0.123. The Balaban J connectivity index is 1.96. The van der Waals surface area contributed by atoms with Crippen molar-refractivity contribution in [3.8, 4) is 0 Å². The van der Waals surface area contributed by atoms with Gasteiger partial charge in [0.1, 0.15) is 6.61 Å². The molecule has 2 nitrogen and oxygen atoms in total. The summed E-state index contributed by atoms with van der Waals surface area (Å²) in [5.74, 6) is 1.65. The van der Waals surface area contributed by atoms with E-state index in [0.717, 1.165) is 31.1 Å². The van der Waals surface area contributed by atoms with E-state index in [1.165, 1.54) is 19.3 Å². The standard InChI is InChI=1S/C12H17IO2/c13-12-4-8-1-9(5-12)3-11(2-8,7-12)10(15)6-14/h8-9,14H,1-7H2. The topological polar surface area (TPSA) is 37.3 Å². The van der Waals surface area contributed by atoms with E-state index in [0.29, 0.717) is 3.42 Å². The van der Waals surface area contributed by atoms with E-state index in [1.807, 2.05) is 0 Å². The fourth-order valence-electron chi connectivity index (χ4n) is 4.64. The average Bonchev–Trinajstić information content (AvgIpc) is 2.12. The van der Waals surface area contributed by atoms with Crippen LogP contribution in [0.5, 0.6) is 0 Å². The van der Waals surface area contributed by atoms with Crippen molar-refractivity contribution in [1.29, 1.82) is 0 Å². The lowest BCUT2D eigenvalue weighted by Crippen LogP contribution is -2.56. The van der Waals surface area contributed by atoms with Gasteiger partial charge in [-0.25, -0.2) is 0 Å². The Kier molecular flexibility index (Phi) is 2.23. The Bertz CT molecular complexity index is 299. The number of ketones is 1. The molecule has 0 saturated heterocycles. The van der Waals surface area contributed by atoms with Crippen LogP contribution in [-0.4, -0.2) is 20.9 Å². The van der Waals surface area contributed by atoms with Crippen LogP contribution in [0.15, 0.2) is 0 Å². The molecule has 0 heterocycles. The summed E-state index contributed by atoms with van der Waals surface area (Å²) in [7, 11) is 0. The molecule has 4 aliphatic carbocycles. The molecule has 0 aromatic heterocycles. The van der Waals surface area contributed by atoms with Crippen molar-refractivity contribution >= 4 is 28.4 Å². The maximum atomic E-state index is 12.0. The van der Waals surface area contributed by atoms with E-state index in [9.17, 15) is 4.79 Å². The predicted octanol–water partition coefficient (Wildman–Crippen LogP) is 2.32. The number of aliphatic hydroxyl groups excluding tert-OH is 1. The number of alkyl halides is 1. The molecule has 2 atom stereocenters. The molecule has 0 aromatic rings. The summed E-state index contributed by atoms with van der Waals surface area (Å²) in [6.45, 7) is -0.244. The molecule has 0 amide bonds. The molecule has 4 aliphatic rings. The zero-order valence-corrected chi connectivity index (χ0v) is 11.0. The highest BCUT2D eigenvalue weighted by atomic mass is 127. The number of carbonyl (C=O) groups is 1. The van der Waals surface area contributed by atoms with E-state index in [-0.39, 0.29) is 17.8 Å². The Morgan fingerprint density at radius 1 is 1.27 bits per heavy atom. The van der Waals surface area contributed by atoms with Gasteiger partial charge in [-0.05, 0) is 50.4 Å². The quantitative estimate of drug-likeness (QED) is 0.626. The fraction of sp³-hybridized carbons (Fsp3) is 0.917. The first kappa shape index (κ1) is 10.5. The third-order valence-corrected chi connectivity index (χ3v) is 5.99. The van der Waals surface area contributed by atoms with Gasteiger partial charge in [0.25, 0.3) is 0 Å². The lowest BCUT2D eigenvalue weighted by Gasteiger charge is -2.59. The number of hydrogen-bond acceptors (Lipinski definition) is 2. The molecule has 0 aliphatic heterocycles. The second-order valence-electron chi connectivity index (χ2n) is 5.97. The zero-order chi connectivity index (χ0) is 10.7. The molecule has 3 heteroatoms. The number of hydrogen-bond donors (Lipinski definition) is 1. The maximum absolute atomic E-state index is 12.0. The number of Topliss-reactive ketones (excluding diaryl/α,β-unsaturated/α-hetero) is 1. The Morgan fingerprint density at radius 2 is 1.87 bits per heavy atom. The van der Waals surface area contributed by atoms with Gasteiger partial charge in [-0.3, -0.25) is 4.79 Å². The van der Waals surface area contributed by atoms with Crippen LogP contribution in [0.3, 0.4) is 0 Å². The van der Waals surface area contributed by atoms with Crippen molar-refractivity contribution in [3.63, 3.8) is 0 Å². The molecule has 0 aromatic carbocycles. The molecule has 84 valence electrons. The molecule has 4 fully saturated rings. The lowest BCUT2D eigenvalue weighted by atomic mass is 9.48. The van der Waals surface area contributed by atoms with Gasteiger partial charge < -0.3 is 5.11 Å². The van der Waals surface area contributed by atoms with Crippen LogP contribution in [0.2, 0.25) is 0 Å². The van der Waals surface area contributed by atoms with Crippen LogP contribution in [0.1, 0.15) is 38.5 Å². The van der Waals surface area contributed by atoms with E-state index >= 15 is 0 Å². The van der Waals surface area contributed by atoms with Crippen molar-refractivity contribution in [2.45, 2.75) is 41.9 Å². The smallest absolute Gasteiger partial charge is 0.164 e. The Hall–Kier alpha value is 0.360. The second kappa shape index (κ2) is 3.19. The largest absolute Gasteiger partial charge is 0.389 e. The van der Waals surface area contributed by atoms with Gasteiger partial charge in [-0.1, -0.05) is 22.6 Å². The molecule has 15 heavy (non-hydrogen) atoms. The highest BCUT2D eigenvalue weighted by Gasteiger charge is 2.59. The third-order valence-electron chi connectivity index (χ3n) is 4.72. The van der Waals surface area contributed by atoms with Crippen LogP contribution < -0.4 is 0 Å². The first-order chi connectivity index (χ1) is 7.05. The zero-order valence-electron chi connectivity index (χ0n) is 8.84. The molecular weight excluding hydrogens is 303 g/mol. The summed E-state index contributed by atoms with van der Waals surface area (Å²) in [4.78, 5) is 12.0. The number of halogens is 1. The summed E-state index contributed by atoms with van der Waals surface area (Å²) in [6, 6.07) is 0. The average molecular weight is 320 g/mol. The summed E-state index contributed by atoms with van der Waals surface area (Å²) < 4.78 is 0.382. The molecule has 1 N–H and O–H groups in total. The number of carbonyl (C=O) groups excluding carboxylic acids is 1. The summed E-state index contributed by atoms with van der Waals surface area (Å²) in [6.07, 6.45) is 7.12. The van der Waals surface area contributed by atoms with E-state index in [2.05, 4.69) is 22.6 Å². The highest BCUT2D eigenvalue weighted by Crippen LogP contribution is 2.64. The molecule has 4 saturated carbocycles. The van der Waals surface area contributed by atoms with Crippen molar-refractivity contribution < 1.29 is 9.90 Å². The van der Waals surface area contributed by atoms with Crippen LogP contribution >= 0.6 is 22.6 Å². The maximum Gasteiger partial charge on any atom is 0.164 e. The van der Waals surface area contributed by atoms with Crippen molar-refractivity contribution in [1.82, 2.24) is 0 Å². The molecule has 4 rings (SSSR count). The minimum Gasteiger partial charge on any atom is -0.389 e. The number of rotatable bonds is 2. The Morgan fingerprint density at radius 3 is 2.33 bits per heavy atom. The minimum atomic E-state index is -0.244. The van der Waals surface area contributed by atoms with E-state index in [1.54, 1.807) is 0 Å². The SMILES string of the molecule is O=C(CO)C12CC3CC(CC(I)(C3)C1)C2. The van der Waals surface area contributed by atoms with Gasteiger partial charge >= 0.3 is 0 Å². The van der Waals surface area contributed by atoms with Gasteiger partial charge in [-0.2, -0.15) is 0 Å². The monoisotopic (exact) mass is 320 g/mol. The predicted molar refractivity (Wildman–Crippen MR) is 66.0 cm³/mol. The van der Waals surface area contributed by atoms with Gasteiger partial charge in [0.2, 0.25) is 0 Å². The third kappa shape index (κ3) is 1.49. The van der Waals surface area contributed by atoms with Gasteiger partial charge in [-0.15, -0.1) is 0 Å². The molecule has 2 unspecified atom stereocenters. The first-order valence-corrected chi connectivity index (χ1v) is 6.96. The fourth-order valence-corrected chi connectivity index (χ4v) is 6.62. The van der Waals surface area contributed by atoms with Gasteiger partial charge in [0, 0.05) is 8.84 Å². The van der Waals surface area contributed by atoms with Crippen LogP contribution in [0, 0.1) is 17.3 Å². The highest BCUT2D eigenvalue weighted by molar-refractivity contribution is 14.1. The van der Waals surface area contributed by atoms with Gasteiger partial charge in [0.05, 0.1) is 0 Å². The molecule has 0 radical (unpaired) electrons. The van der Waals surface area contributed by atoms with Crippen LogP contribution in [-0.2, 0) is 4.79 Å². The summed E-state index contributed by atoms with van der Waals surface area (Å²) >= 11 is 2.59. The normalized spacial score (nSPS) is 52.1. The molecular formula is C12H17IO2. The van der Waals surface area contributed by atoms with Crippen LogP contribution in [0.25, 0.3) is 0 Å². The van der Waals surface area contributed by atoms with Crippen molar-refractivity contribution in [3.05, 3.63) is 0 Å². The number of aliphatic hydroxyl groups is 1. The Labute approximate surface area is 104 Å². The van der Waals surface area contributed by atoms with E-state index < -0.39 is 0 Å². The summed E-state index contributed by atoms with van der Waals surface area (Å²) in [5.41, 5.74) is -0.125. The lowest BCUT2D eigenvalue weighted by molar-refractivity contribution is -0.144. The van der Waals surface area contributed by atoms with Crippen LogP contribution in [0.4, 0.5) is 0 Å². The first-order valence-electron chi connectivity index (χ1n) is 5.88. The van der Waals surface area contributed by atoms with Gasteiger partial charge in [0.15, 0.2) is 5.78 Å². The second-order valence-corrected chi connectivity index (χ2v) is 8.26. The molecule has 4 bridgehead atoms. The van der Waals surface area contributed by atoms with Crippen molar-refractivity contribution in [2.24, 2.45) is 17.3 Å². The van der Waals surface area contributed by atoms with Crippen molar-refractivity contribution in [2.75, 3.05) is 6.61 Å². The van der Waals surface area contributed by atoms with E-state index in [4.69, 9.17) is 5.11 Å². The summed E-state index contributed by atoms with van der Waals surface area (Å²) in [5, 5.41) is 9.13. The molecule has 0 spiro atoms.